The second-order valence-electron chi connectivity index (χ2n) is 4.88. The highest BCUT2D eigenvalue weighted by atomic mass is 32.2. The zero-order valence-electron chi connectivity index (χ0n) is 13.1. The molecule has 1 N–H and O–H groups in total. The molecule has 136 valence electrons. The molecule has 0 unspecified atom stereocenters. The van der Waals surface area contributed by atoms with E-state index in [1.807, 2.05) is 0 Å². The van der Waals surface area contributed by atoms with Crippen LogP contribution < -0.4 is 14.2 Å². The van der Waals surface area contributed by atoms with Crippen LogP contribution in [0.5, 0.6) is 11.6 Å². The first kappa shape index (κ1) is 19.0. The zero-order valence-corrected chi connectivity index (χ0v) is 13.9. The van der Waals surface area contributed by atoms with E-state index in [0.29, 0.717) is 5.56 Å². The number of hydrogen-bond donors (Lipinski definition) is 1. The Morgan fingerprint density at radius 1 is 1.20 bits per heavy atom. The summed E-state index contributed by atoms with van der Waals surface area (Å²) in [7, 11) is -2.52. The molecule has 2 aromatic rings. The van der Waals surface area contributed by atoms with Crippen LogP contribution in [0, 0.1) is 0 Å². The Bertz CT molecular complexity index is 826. The number of para-hydroxylation sites is 1. The lowest BCUT2D eigenvalue weighted by atomic mass is 10.3. The van der Waals surface area contributed by atoms with Crippen LogP contribution in [0.3, 0.4) is 0 Å². The maximum Gasteiger partial charge on any atom is 0.422 e. The van der Waals surface area contributed by atoms with Crippen LogP contribution in [-0.4, -0.2) is 33.3 Å². The standard InChI is InChI=1S/C15H15F3N2O4S/c1-23-12-4-2-3-5-13(12)25(21,22)20-9-11-6-7-19-14(8-11)24-10-15(16,17)18/h2-8,20H,9-10H2,1H3. The Balaban J connectivity index is 2.08. The quantitative estimate of drug-likeness (QED) is 0.804. The van der Waals surface area contributed by atoms with Crippen molar-refractivity contribution in [2.24, 2.45) is 0 Å². The number of rotatable bonds is 7. The van der Waals surface area contributed by atoms with Crippen molar-refractivity contribution in [3.8, 4) is 11.6 Å². The molecular weight excluding hydrogens is 361 g/mol. The molecule has 6 nitrogen and oxygen atoms in total. The van der Waals surface area contributed by atoms with Gasteiger partial charge in [-0.2, -0.15) is 13.2 Å². The lowest BCUT2D eigenvalue weighted by Crippen LogP contribution is -2.24. The molecule has 25 heavy (non-hydrogen) atoms. The highest BCUT2D eigenvalue weighted by Crippen LogP contribution is 2.23. The van der Waals surface area contributed by atoms with Gasteiger partial charge in [-0.1, -0.05) is 12.1 Å². The molecule has 0 aliphatic carbocycles. The third-order valence-corrected chi connectivity index (χ3v) is 4.45. The predicted molar refractivity (Wildman–Crippen MR) is 82.8 cm³/mol. The Kier molecular flexibility index (Phi) is 5.85. The van der Waals surface area contributed by atoms with Crippen LogP contribution in [0.4, 0.5) is 13.2 Å². The minimum absolute atomic E-state index is 0.0416. The molecule has 0 bridgehead atoms. The monoisotopic (exact) mass is 376 g/mol. The Labute approximate surface area is 142 Å². The van der Waals surface area contributed by atoms with Crippen LogP contribution in [0.25, 0.3) is 0 Å². The molecule has 0 spiro atoms. The SMILES string of the molecule is COc1ccccc1S(=O)(=O)NCc1ccnc(OCC(F)(F)F)c1. The van der Waals surface area contributed by atoms with Gasteiger partial charge in [0.25, 0.3) is 0 Å². The summed E-state index contributed by atoms with van der Waals surface area (Å²) in [5, 5.41) is 0. The van der Waals surface area contributed by atoms with Crippen LogP contribution >= 0.6 is 0 Å². The van der Waals surface area contributed by atoms with Crippen molar-refractivity contribution < 1.29 is 31.1 Å². The first-order chi connectivity index (χ1) is 11.7. The molecular formula is C15H15F3N2O4S. The number of alkyl halides is 3. The smallest absolute Gasteiger partial charge is 0.422 e. The molecule has 0 aliphatic heterocycles. The van der Waals surface area contributed by atoms with Gasteiger partial charge in [-0.3, -0.25) is 0 Å². The van der Waals surface area contributed by atoms with Gasteiger partial charge in [-0.05, 0) is 23.8 Å². The second kappa shape index (κ2) is 7.70. The van der Waals surface area contributed by atoms with E-state index in [2.05, 4.69) is 14.4 Å². The van der Waals surface area contributed by atoms with Crippen molar-refractivity contribution in [1.29, 1.82) is 0 Å². The van der Waals surface area contributed by atoms with Crippen LogP contribution in [0.1, 0.15) is 5.56 Å². The van der Waals surface area contributed by atoms with E-state index in [4.69, 9.17) is 4.74 Å². The van der Waals surface area contributed by atoms with Crippen molar-refractivity contribution in [1.82, 2.24) is 9.71 Å². The first-order valence-corrected chi connectivity index (χ1v) is 8.47. The maximum absolute atomic E-state index is 12.3. The number of nitrogens with zero attached hydrogens (tertiary/aromatic N) is 1. The number of halogens is 3. The van der Waals surface area contributed by atoms with E-state index in [0.717, 1.165) is 0 Å². The number of ether oxygens (including phenoxy) is 2. The van der Waals surface area contributed by atoms with E-state index < -0.39 is 22.8 Å². The highest BCUT2D eigenvalue weighted by molar-refractivity contribution is 7.89. The second-order valence-corrected chi connectivity index (χ2v) is 6.62. The van der Waals surface area contributed by atoms with E-state index >= 15 is 0 Å². The van der Waals surface area contributed by atoms with Gasteiger partial charge in [0, 0.05) is 18.8 Å². The first-order valence-electron chi connectivity index (χ1n) is 6.98. The fourth-order valence-electron chi connectivity index (χ4n) is 1.89. The molecule has 1 aromatic heterocycles. The van der Waals surface area contributed by atoms with Crippen molar-refractivity contribution in [3.05, 3.63) is 48.2 Å². The zero-order chi connectivity index (χ0) is 18.5. The van der Waals surface area contributed by atoms with Crippen molar-refractivity contribution in [2.45, 2.75) is 17.6 Å². The third-order valence-electron chi connectivity index (χ3n) is 3.01. The van der Waals surface area contributed by atoms with Crippen molar-refractivity contribution in [3.63, 3.8) is 0 Å². The Morgan fingerprint density at radius 3 is 2.60 bits per heavy atom. The lowest BCUT2D eigenvalue weighted by molar-refractivity contribution is -0.154. The summed E-state index contributed by atoms with van der Waals surface area (Å²) in [5.74, 6) is -0.0646. The van der Waals surface area contributed by atoms with Gasteiger partial charge in [0.1, 0.15) is 10.6 Å². The molecule has 0 saturated heterocycles. The molecule has 0 aliphatic rings. The van der Waals surface area contributed by atoms with E-state index in [1.165, 1.54) is 37.6 Å². The van der Waals surface area contributed by atoms with Gasteiger partial charge in [0.2, 0.25) is 15.9 Å². The molecule has 2 rings (SSSR count). The molecule has 0 atom stereocenters. The van der Waals surface area contributed by atoms with Gasteiger partial charge < -0.3 is 9.47 Å². The minimum Gasteiger partial charge on any atom is -0.495 e. The molecule has 1 heterocycles. The Morgan fingerprint density at radius 2 is 1.92 bits per heavy atom. The number of aromatic nitrogens is 1. The molecule has 10 heteroatoms. The fourth-order valence-corrected chi connectivity index (χ4v) is 3.08. The number of pyridine rings is 1. The lowest BCUT2D eigenvalue weighted by Gasteiger charge is -2.11. The largest absolute Gasteiger partial charge is 0.495 e. The summed E-state index contributed by atoms with van der Waals surface area (Å²) >= 11 is 0. The van der Waals surface area contributed by atoms with Crippen LogP contribution in [0.2, 0.25) is 0 Å². The normalized spacial score (nSPS) is 12.0. The van der Waals surface area contributed by atoms with Crippen molar-refractivity contribution >= 4 is 10.0 Å². The summed E-state index contributed by atoms with van der Waals surface area (Å²) in [6, 6.07) is 8.76. The number of hydrogen-bond acceptors (Lipinski definition) is 5. The molecule has 0 radical (unpaired) electrons. The topological polar surface area (TPSA) is 77.5 Å². The molecule has 1 aromatic carbocycles. The van der Waals surface area contributed by atoms with Gasteiger partial charge in [-0.15, -0.1) is 0 Å². The number of nitrogens with one attached hydrogen (secondary N) is 1. The summed E-state index contributed by atoms with van der Waals surface area (Å²) in [4.78, 5) is 3.61. The predicted octanol–water partition coefficient (Wildman–Crippen LogP) is 2.51. The van der Waals surface area contributed by atoms with Crippen LogP contribution in [0.15, 0.2) is 47.5 Å². The van der Waals surface area contributed by atoms with Gasteiger partial charge >= 0.3 is 6.18 Å². The fraction of sp³-hybridized carbons (Fsp3) is 0.267. The number of sulfonamides is 1. The van der Waals surface area contributed by atoms with Crippen LogP contribution in [-0.2, 0) is 16.6 Å². The third kappa shape index (κ3) is 5.61. The maximum atomic E-state index is 12.3. The molecule has 0 fully saturated rings. The average Bonchev–Trinajstić information content (AvgIpc) is 2.58. The Hall–Kier alpha value is -2.33. The highest BCUT2D eigenvalue weighted by Gasteiger charge is 2.28. The van der Waals surface area contributed by atoms with Crippen molar-refractivity contribution in [2.75, 3.05) is 13.7 Å². The molecule has 0 saturated carbocycles. The average molecular weight is 376 g/mol. The van der Waals surface area contributed by atoms with E-state index in [1.54, 1.807) is 12.1 Å². The van der Waals surface area contributed by atoms with E-state index in [9.17, 15) is 21.6 Å². The molecule has 0 amide bonds. The summed E-state index contributed by atoms with van der Waals surface area (Å²) < 4.78 is 73.0. The van der Waals surface area contributed by atoms with Gasteiger partial charge in [-0.25, -0.2) is 18.1 Å². The van der Waals surface area contributed by atoms with Gasteiger partial charge in [0.15, 0.2) is 6.61 Å². The summed E-state index contributed by atoms with van der Waals surface area (Å²) in [5.41, 5.74) is 0.394. The minimum atomic E-state index is -4.48. The number of benzene rings is 1. The van der Waals surface area contributed by atoms with E-state index in [-0.39, 0.29) is 23.1 Å². The van der Waals surface area contributed by atoms with Gasteiger partial charge in [0.05, 0.1) is 7.11 Å². The summed E-state index contributed by atoms with van der Waals surface area (Å²) in [6.45, 7) is -1.62. The number of methoxy groups -OCH3 is 1. The summed E-state index contributed by atoms with van der Waals surface area (Å²) in [6.07, 6.45) is -3.25.